The normalized spacial score (nSPS) is 29.0. The van der Waals surface area contributed by atoms with Gasteiger partial charge in [-0.25, -0.2) is 4.98 Å². The van der Waals surface area contributed by atoms with E-state index >= 15 is 0 Å². The van der Waals surface area contributed by atoms with Crippen molar-refractivity contribution in [1.29, 1.82) is 0 Å². The molecule has 17 heavy (non-hydrogen) atoms. The summed E-state index contributed by atoms with van der Waals surface area (Å²) in [5, 5.41) is 4.11. The number of halogens is 1. The Morgan fingerprint density at radius 1 is 1.12 bits per heavy atom. The summed E-state index contributed by atoms with van der Waals surface area (Å²) in [6.07, 6.45) is 8.32. The van der Waals surface area contributed by atoms with Crippen LogP contribution < -0.4 is 5.32 Å². The third-order valence-electron chi connectivity index (χ3n) is 4.07. The Morgan fingerprint density at radius 2 is 2.00 bits per heavy atom. The van der Waals surface area contributed by atoms with E-state index in [0.717, 1.165) is 17.7 Å². The zero-order valence-corrected chi connectivity index (χ0v) is 10.8. The van der Waals surface area contributed by atoms with Crippen molar-refractivity contribution in [2.45, 2.75) is 44.6 Å². The highest BCUT2D eigenvalue weighted by Gasteiger charge is 2.34. The fraction of sp³-hybridized carbons (Fsp3) is 0.643. The van der Waals surface area contributed by atoms with Gasteiger partial charge in [-0.05, 0) is 49.7 Å². The van der Waals surface area contributed by atoms with Crippen LogP contribution in [0.3, 0.4) is 0 Å². The topological polar surface area (TPSA) is 24.9 Å². The second-order valence-corrected chi connectivity index (χ2v) is 5.84. The van der Waals surface area contributed by atoms with Gasteiger partial charge in [-0.1, -0.05) is 30.5 Å². The van der Waals surface area contributed by atoms with Crippen LogP contribution >= 0.6 is 11.6 Å². The summed E-state index contributed by atoms with van der Waals surface area (Å²) >= 11 is 5.90. The Morgan fingerprint density at radius 3 is 2.76 bits per heavy atom. The van der Waals surface area contributed by atoms with E-state index in [1.54, 1.807) is 0 Å². The maximum Gasteiger partial charge on any atom is 0.131 e. The Hall–Kier alpha value is -0.760. The van der Waals surface area contributed by atoms with Crippen molar-refractivity contribution in [2.75, 3.05) is 5.32 Å². The Balaban J connectivity index is 1.60. The van der Waals surface area contributed by atoms with Gasteiger partial charge < -0.3 is 5.32 Å². The molecule has 2 atom stereocenters. The fourth-order valence-electron chi connectivity index (χ4n) is 3.05. The van der Waals surface area contributed by atoms with Crippen molar-refractivity contribution in [3.05, 3.63) is 23.4 Å². The molecule has 3 rings (SSSR count). The van der Waals surface area contributed by atoms with Crippen LogP contribution in [-0.4, -0.2) is 11.0 Å². The number of pyridine rings is 1. The molecule has 2 aliphatic rings. The van der Waals surface area contributed by atoms with Gasteiger partial charge in [0, 0.05) is 6.04 Å². The minimum absolute atomic E-state index is 0.574. The number of nitrogens with one attached hydrogen (secondary N) is 1. The van der Waals surface area contributed by atoms with Crippen LogP contribution in [0.25, 0.3) is 0 Å². The summed E-state index contributed by atoms with van der Waals surface area (Å²) in [4.78, 5) is 4.31. The molecule has 2 aliphatic carbocycles. The summed E-state index contributed by atoms with van der Waals surface area (Å²) in [6, 6.07) is 6.38. The smallest absolute Gasteiger partial charge is 0.131 e. The lowest BCUT2D eigenvalue weighted by atomic mass is 9.83. The number of nitrogens with zero attached hydrogens (tertiary/aromatic N) is 1. The van der Waals surface area contributed by atoms with Gasteiger partial charge in [-0.15, -0.1) is 0 Å². The van der Waals surface area contributed by atoms with E-state index in [4.69, 9.17) is 11.6 Å². The molecule has 92 valence electrons. The van der Waals surface area contributed by atoms with Gasteiger partial charge in [0.2, 0.25) is 0 Å². The molecule has 0 spiro atoms. The Labute approximate surface area is 108 Å². The van der Waals surface area contributed by atoms with Crippen LogP contribution in [0.15, 0.2) is 18.2 Å². The third kappa shape index (κ3) is 2.92. The maximum atomic E-state index is 5.90. The monoisotopic (exact) mass is 250 g/mol. The van der Waals surface area contributed by atoms with Crippen LogP contribution in [0.1, 0.15) is 38.5 Å². The molecule has 0 radical (unpaired) electrons. The molecular weight excluding hydrogens is 232 g/mol. The summed E-state index contributed by atoms with van der Waals surface area (Å²) in [5.74, 6) is 2.92. The molecule has 0 bridgehead atoms. The molecule has 3 heteroatoms. The highest BCUT2D eigenvalue weighted by atomic mass is 35.5. The van der Waals surface area contributed by atoms with E-state index in [2.05, 4.69) is 10.3 Å². The summed E-state index contributed by atoms with van der Waals surface area (Å²) < 4.78 is 0. The van der Waals surface area contributed by atoms with Crippen LogP contribution in [0, 0.1) is 11.8 Å². The molecule has 0 aromatic carbocycles. The molecule has 1 aromatic rings. The van der Waals surface area contributed by atoms with Crippen molar-refractivity contribution < 1.29 is 0 Å². The number of rotatable bonds is 3. The Bertz CT molecular complexity index is 390. The molecule has 0 amide bonds. The first-order chi connectivity index (χ1) is 8.31. The average Bonchev–Trinajstić information content (AvgIpc) is 3.13. The third-order valence-corrected chi connectivity index (χ3v) is 4.28. The summed E-state index contributed by atoms with van der Waals surface area (Å²) in [7, 11) is 0. The Kier molecular flexibility index (Phi) is 3.24. The predicted molar refractivity (Wildman–Crippen MR) is 71.3 cm³/mol. The van der Waals surface area contributed by atoms with Gasteiger partial charge in [0.15, 0.2) is 0 Å². The van der Waals surface area contributed by atoms with Gasteiger partial charge >= 0.3 is 0 Å². The highest BCUT2D eigenvalue weighted by Crippen LogP contribution is 2.44. The molecule has 0 aliphatic heterocycles. The van der Waals surface area contributed by atoms with Crippen LogP contribution in [0.5, 0.6) is 0 Å². The van der Waals surface area contributed by atoms with Gasteiger partial charge in [-0.2, -0.15) is 0 Å². The number of hydrogen-bond acceptors (Lipinski definition) is 2. The number of aromatic nitrogens is 1. The van der Waals surface area contributed by atoms with Gasteiger partial charge in [0.05, 0.1) is 0 Å². The van der Waals surface area contributed by atoms with Crippen molar-refractivity contribution in [3.63, 3.8) is 0 Å². The van der Waals surface area contributed by atoms with Crippen molar-refractivity contribution in [1.82, 2.24) is 4.98 Å². The zero-order valence-electron chi connectivity index (χ0n) is 10.0. The van der Waals surface area contributed by atoms with Crippen LogP contribution in [-0.2, 0) is 0 Å². The van der Waals surface area contributed by atoms with Gasteiger partial charge in [0.25, 0.3) is 0 Å². The van der Waals surface area contributed by atoms with E-state index in [0.29, 0.717) is 11.2 Å². The first-order valence-electron chi connectivity index (χ1n) is 6.70. The van der Waals surface area contributed by atoms with E-state index in [9.17, 15) is 0 Å². The van der Waals surface area contributed by atoms with E-state index in [1.807, 2.05) is 18.2 Å². The summed E-state index contributed by atoms with van der Waals surface area (Å²) in [6.45, 7) is 0. The minimum atomic E-state index is 0.574. The second-order valence-electron chi connectivity index (χ2n) is 5.45. The number of hydrogen-bond donors (Lipinski definition) is 1. The van der Waals surface area contributed by atoms with E-state index in [1.165, 1.54) is 38.5 Å². The highest BCUT2D eigenvalue weighted by molar-refractivity contribution is 6.29. The lowest BCUT2D eigenvalue weighted by Gasteiger charge is -2.30. The quantitative estimate of drug-likeness (QED) is 0.817. The largest absolute Gasteiger partial charge is 0.367 e. The minimum Gasteiger partial charge on any atom is -0.367 e. The lowest BCUT2D eigenvalue weighted by molar-refractivity contribution is 0.303. The zero-order chi connectivity index (χ0) is 11.7. The standard InChI is InChI=1S/C14H19ClN2/c15-13-5-2-6-14(17-13)16-12-4-1-3-11(9-12)10-7-8-10/h2,5-6,10-12H,1,3-4,7-9H2,(H,16,17). The average molecular weight is 251 g/mol. The van der Waals surface area contributed by atoms with Crippen molar-refractivity contribution >= 4 is 17.4 Å². The second kappa shape index (κ2) is 4.85. The molecule has 1 heterocycles. The SMILES string of the molecule is Clc1cccc(NC2CCCC(C3CC3)C2)n1. The van der Waals surface area contributed by atoms with E-state index < -0.39 is 0 Å². The van der Waals surface area contributed by atoms with E-state index in [-0.39, 0.29) is 0 Å². The lowest BCUT2D eigenvalue weighted by Crippen LogP contribution is -2.28. The molecular formula is C14H19ClN2. The molecule has 0 saturated heterocycles. The molecule has 2 fully saturated rings. The molecule has 1 N–H and O–H groups in total. The molecule has 2 saturated carbocycles. The molecule has 2 unspecified atom stereocenters. The van der Waals surface area contributed by atoms with Crippen LogP contribution in [0.2, 0.25) is 5.15 Å². The first-order valence-corrected chi connectivity index (χ1v) is 7.08. The maximum absolute atomic E-state index is 5.90. The van der Waals surface area contributed by atoms with Gasteiger partial charge in [0.1, 0.15) is 11.0 Å². The van der Waals surface area contributed by atoms with Crippen molar-refractivity contribution in [3.8, 4) is 0 Å². The van der Waals surface area contributed by atoms with Crippen LogP contribution in [0.4, 0.5) is 5.82 Å². The molecule has 2 nitrogen and oxygen atoms in total. The predicted octanol–water partition coefficient (Wildman–Crippen LogP) is 4.12. The first kappa shape index (κ1) is 11.3. The number of anilines is 1. The fourth-order valence-corrected chi connectivity index (χ4v) is 3.22. The van der Waals surface area contributed by atoms with Crippen molar-refractivity contribution in [2.24, 2.45) is 11.8 Å². The summed E-state index contributed by atoms with van der Waals surface area (Å²) in [5.41, 5.74) is 0. The van der Waals surface area contributed by atoms with Gasteiger partial charge in [-0.3, -0.25) is 0 Å². The molecule has 1 aromatic heterocycles.